The summed E-state index contributed by atoms with van der Waals surface area (Å²) in [6, 6.07) is 1.32. The molecule has 12 heteroatoms. The summed E-state index contributed by atoms with van der Waals surface area (Å²) in [5, 5.41) is 19.7. The van der Waals surface area contributed by atoms with Crippen LogP contribution in [0.25, 0.3) is 0 Å². The standard InChI is InChI=1S/C9H15N4O7P/c10-3-1-2-13(9(16)12-3)8-5(15)4(14)6(20-8)7(11)21(17,18)19/h1-2,4-8,14-15H,11H2,(H4,10,12,16,17,18,19)/p+1/t4-,5-,6-,7+,8+/m0/s1. The highest BCUT2D eigenvalue weighted by atomic mass is 31.2. The first-order chi connectivity index (χ1) is 9.62. The Morgan fingerprint density at radius 2 is 2.00 bits per heavy atom. The summed E-state index contributed by atoms with van der Waals surface area (Å²) in [6.07, 6.45) is -4.94. The van der Waals surface area contributed by atoms with Crippen molar-refractivity contribution in [1.82, 2.24) is 4.98 Å². The molecule has 0 aliphatic carbocycles. The highest BCUT2D eigenvalue weighted by molar-refractivity contribution is 7.52. The van der Waals surface area contributed by atoms with Crippen molar-refractivity contribution >= 4 is 13.4 Å². The first-order valence-electron chi connectivity index (χ1n) is 5.85. The number of hydrogen-bond donors (Lipinski definition) is 7. The molecule has 1 saturated heterocycles. The van der Waals surface area contributed by atoms with Crippen LogP contribution in [0.2, 0.25) is 0 Å². The number of H-pyrrole nitrogens is 1. The van der Waals surface area contributed by atoms with Gasteiger partial charge >= 0.3 is 13.3 Å². The van der Waals surface area contributed by atoms with E-state index >= 15 is 0 Å². The summed E-state index contributed by atoms with van der Waals surface area (Å²) in [4.78, 5) is 32.0. The summed E-state index contributed by atoms with van der Waals surface area (Å²) < 4.78 is 17.2. The van der Waals surface area contributed by atoms with E-state index in [1.54, 1.807) is 0 Å². The number of hydrogen-bond acceptors (Lipinski definition) is 7. The zero-order valence-electron chi connectivity index (χ0n) is 10.6. The van der Waals surface area contributed by atoms with E-state index < -0.39 is 43.6 Å². The summed E-state index contributed by atoms with van der Waals surface area (Å²) >= 11 is 0. The number of aromatic nitrogens is 2. The monoisotopic (exact) mass is 323 g/mol. The predicted molar refractivity (Wildman–Crippen MR) is 67.6 cm³/mol. The van der Waals surface area contributed by atoms with Crippen LogP contribution in [0.15, 0.2) is 17.1 Å². The lowest BCUT2D eigenvalue weighted by molar-refractivity contribution is -0.779. The molecule has 0 aromatic carbocycles. The van der Waals surface area contributed by atoms with Crippen molar-refractivity contribution in [2.45, 2.75) is 30.3 Å². The van der Waals surface area contributed by atoms with Crippen molar-refractivity contribution in [1.29, 1.82) is 0 Å². The first kappa shape index (κ1) is 16.0. The van der Waals surface area contributed by atoms with Crippen LogP contribution in [0.1, 0.15) is 6.23 Å². The van der Waals surface area contributed by atoms with Crippen LogP contribution >= 0.6 is 7.60 Å². The van der Waals surface area contributed by atoms with Gasteiger partial charge in [-0.25, -0.2) is 0 Å². The van der Waals surface area contributed by atoms with Gasteiger partial charge in [0.05, 0.1) is 0 Å². The topological polar surface area (TPSA) is 196 Å². The van der Waals surface area contributed by atoms with E-state index in [9.17, 15) is 19.6 Å². The zero-order chi connectivity index (χ0) is 15.9. The fourth-order valence-electron chi connectivity index (χ4n) is 2.05. The molecule has 0 radical (unpaired) electrons. The normalized spacial score (nSPS) is 31.3. The van der Waals surface area contributed by atoms with Crippen LogP contribution in [0.4, 0.5) is 5.82 Å². The molecule has 0 unspecified atom stereocenters. The second-order valence-electron chi connectivity index (χ2n) is 4.66. The van der Waals surface area contributed by atoms with Crippen molar-refractivity contribution in [2.24, 2.45) is 5.73 Å². The third-order valence-electron chi connectivity index (χ3n) is 3.17. The number of aliphatic hydroxyl groups is 2. The number of nitrogens with one attached hydrogen (secondary N) is 1. The van der Waals surface area contributed by atoms with Crippen molar-refractivity contribution < 1.29 is 33.9 Å². The van der Waals surface area contributed by atoms with Crippen LogP contribution < -0.4 is 21.7 Å². The minimum Gasteiger partial charge on any atom is -0.387 e. The summed E-state index contributed by atoms with van der Waals surface area (Å²) in [5.41, 5.74) is 9.99. The Labute approximate surface area is 117 Å². The van der Waals surface area contributed by atoms with E-state index in [-0.39, 0.29) is 5.82 Å². The van der Waals surface area contributed by atoms with E-state index in [0.717, 1.165) is 4.57 Å². The van der Waals surface area contributed by atoms with Crippen LogP contribution in [0.5, 0.6) is 0 Å². The summed E-state index contributed by atoms with van der Waals surface area (Å²) in [6.45, 7) is 0. The van der Waals surface area contributed by atoms with Gasteiger partial charge in [0.15, 0.2) is 5.82 Å². The van der Waals surface area contributed by atoms with Gasteiger partial charge < -0.3 is 36.2 Å². The van der Waals surface area contributed by atoms with Gasteiger partial charge in [0.25, 0.3) is 0 Å². The van der Waals surface area contributed by atoms with E-state index in [4.69, 9.17) is 26.0 Å². The van der Waals surface area contributed by atoms with Crippen molar-refractivity contribution in [3.63, 3.8) is 0 Å². The van der Waals surface area contributed by atoms with Crippen LogP contribution in [0.3, 0.4) is 0 Å². The van der Waals surface area contributed by atoms with Gasteiger partial charge in [-0.3, -0.25) is 4.57 Å². The zero-order valence-corrected chi connectivity index (χ0v) is 11.5. The largest absolute Gasteiger partial charge is 0.499 e. The Hall–Kier alpha value is -1.33. The Morgan fingerprint density at radius 1 is 1.38 bits per heavy atom. The molecule has 1 aromatic heterocycles. The molecule has 9 N–H and O–H groups in total. The second kappa shape index (κ2) is 5.46. The molecule has 11 nitrogen and oxygen atoms in total. The number of aromatic amines is 1. The van der Waals surface area contributed by atoms with Gasteiger partial charge in [0, 0.05) is 6.07 Å². The smallest absolute Gasteiger partial charge is 0.387 e. The van der Waals surface area contributed by atoms with Gasteiger partial charge in [-0.15, -0.1) is 0 Å². The molecule has 2 rings (SSSR count). The van der Waals surface area contributed by atoms with Crippen molar-refractivity contribution in [3.05, 3.63) is 22.7 Å². The fourth-order valence-corrected chi connectivity index (χ4v) is 2.68. The average Bonchev–Trinajstić information content (AvgIpc) is 2.65. The average molecular weight is 323 g/mol. The van der Waals surface area contributed by atoms with Crippen LogP contribution in [-0.4, -0.2) is 49.1 Å². The molecule has 1 aliphatic heterocycles. The molecule has 5 atom stereocenters. The quantitative estimate of drug-likeness (QED) is 0.216. The molecule has 0 bridgehead atoms. The molecule has 1 aliphatic rings. The molecule has 2 heterocycles. The van der Waals surface area contributed by atoms with E-state index in [2.05, 4.69) is 4.98 Å². The molecule has 0 spiro atoms. The Balaban J connectivity index is 2.32. The first-order valence-corrected chi connectivity index (χ1v) is 7.53. The maximum atomic E-state index is 11.7. The van der Waals surface area contributed by atoms with Gasteiger partial charge in [-0.1, -0.05) is 0 Å². The third kappa shape index (κ3) is 2.99. The van der Waals surface area contributed by atoms with E-state index in [1.807, 2.05) is 0 Å². The highest BCUT2D eigenvalue weighted by Crippen LogP contribution is 2.44. The number of aliphatic hydroxyl groups excluding tert-OH is 2. The molecule has 118 valence electrons. The maximum absolute atomic E-state index is 11.7. The number of anilines is 1. The Morgan fingerprint density at radius 3 is 2.52 bits per heavy atom. The maximum Gasteiger partial charge on any atom is 0.499 e. The van der Waals surface area contributed by atoms with Crippen LogP contribution in [0, 0.1) is 0 Å². The van der Waals surface area contributed by atoms with Gasteiger partial charge in [-0.05, 0) is 0 Å². The molecule has 0 saturated carbocycles. The number of nitrogens with two attached hydrogens (primary N) is 2. The minimum atomic E-state index is -4.74. The molecular formula is C9H16N4O7P+. The lowest BCUT2D eigenvalue weighted by atomic mass is 10.1. The van der Waals surface area contributed by atoms with Gasteiger partial charge in [-0.2, -0.15) is 14.3 Å². The second-order valence-corrected chi connectivity index (χ2v) is 6.44. The summed E-state index contributed by atoms with van der Waals surface area (Å²) in [5.74, 6) is -1.76. The van der Waals surface area contributed by atoms with Gasteiger partial charge in [0.1, 0.15) is 30.3 Å². The third-order valence-corrected chi connectivity index (χ3v) is 4.25. The van der Waals surface area contributed by atoms with E-state index in [1.165, 1.54) is 12.3 Å². The molecule has 1 fully saturated rings. The Kier molecular flexibility index (Phi) is 4.17. The molecule has 0 amide bonds. The summed E-state index contributed by atoms with van der Waals surface area (Å²) in [7, 11) is -4.74. The number of ether oxygens (including phenoxy) is 1. The fraction of sp³-hybridized carbons (Fsp3) is 0.556. The van der Waals surface area contributed by atoms with Crippen molar-refractivity contribution in [2.75, 3.05) is 5.73 Å². The lowest BCUT2D eigenvalue weighted by Gasteiger charge is -2.21. The SMILES string of the molecule is Nc1cc[n+]([C@@H]2O[C@H]([C@H](N)P(=O)(O)O)[C@@H](O)[C@@H]2O)c(=O)[nH]1. The highest BCUT2D eigenvalue weighted by Gasteiger charge is 2.52. The van der Waals surface area contributed by atoms with E-state index in [0.29, 0.717) is 0 Å². The molecule has 21 heavy (non-hydrogen) atoms. The number of rotatable bonds is 3. The van der Waals surface area contributed by atoms with Gasteiger partial charge in [0.2, 0.25) is 6.23 Å². The minimum absolute atomic E-state index is 0.0766. The lowest BCUT2D eigenvalue weighted by Crippen LogP contribution is -2.58. The number of nitrogen functional groups attached to an aromatic ring is 1. The number of nitrogens with zero attached hydrogens (tertiary/aromatic N) is 1. The molecular weight excluding hydrogens is 307 g/mol. The predicted octanol–water partition coefficient (Wildman–Crippen LogP) is -3.67. The Bertz CT molecular complexity index is 631. The van der Waals surface area contributed by atoms with Crippen molar-refractivity contribution in [3.8, 4) is 0 Å². The van der Waals surface area contributed by atoms with Crippen LogP contribution in [-0.2, 0) is 9.30 Å². The molecule has 1 aromatic rings.